The van der Waals surface area contributed by atoms with Crippen molar-refractivity contribution < 1.29 is 9.53 Å². The summed E-state index contributed by atoms with van der Waals surface area (Å²) in [5.74, 6) is -0.517. The molecule has 0 bridgehead atoms. The number of nitriles is 1. The number of methoxy groups -OCH3 is 1. The molecule has 0 radical (unpaired) electrons. The highest BCUT2D eigenvalue weighted by atomic mass is 32.2. The number of carbonyl (C=O) groups is 1. The number of benzene rings is 1. The van der Waals surface area contributed by atoms with Crippen molar-refractivity contribution in [1.82, 2.24) is 19.7 Å². The van der Waals surface area contributed by atoms with E-state index >= 15 is 0 Å². The summed E-state index contributed by atoms with van der Waals surface area (Å²) >= 11 is 1.28. The lowest BCUT2D eigenvalue weighted by Gasteiger charge is -2.07. The van der Waals surface area contributed by atoms with Gasteiger partial charge in [-0.25, -0.2) is 14.5 Å². The molecule has 8 nitrogen and oxygen atoms in total. The van der Waals surface area contributed by atoms with E-state index in [0.717, 1.165) is 0 Å². The first kappa shape index (κ1) is 17.4. The van der Waals surface area contributed by atoms with Crippen LogP contribution in [0.3, 0.4) is 0 Å². The van der Waals surface area contributed by atoms with E-state index in [2.05, 4.69) is 19.8 Å². The summed E-state index contributed by atoms with van der Waals surface area (Å²) in [7, 11) is 1.29. The first-order valence-electron chi connectivity index (χ1n) is 7.40. The number of nitrogens with one attached hydrogen (secondary N) is 1. The van der Waals surface area contributed by atoms with Gasteiger partial charge in [-0.3, -0.25) is 4.79 Å². The Morgan fingerprint density at radius 2 is 2.04 bits per heavy atom. The summed E-state index contributed by atoms with van der Waals surface area (Å²) in [6.07, 6.45) is 3.42. The highest BCUT2D eigenvalue weighted by molar-refractivity contribution is 7.98. The van der Waals surface area contributed by atoms with Crippen molar-refractivity contribution in [3.63, 3.8) is 0 Å². The highest BCUT2D eigenvalue weighted by Gasteiger charge is 2.14. The number of ether oxygens (including phenoxy) is 1. The molecule has 0 aliphatic heterocycles. The summed E-state index contributed by atoms with van der Waals surface area (Å²) in [5, 5.41) is 13.8. The van der Waals surface area contributed by atoms with Crippen LogP contribution in [0.25, 0.3) is 16.9 Å². The standard InChI is InChI=1S/C17H13N5O3S/c1-25-16(24)13-7-8-22(21-13)11-5-3-10(4-6-11)14-12(9-18)15(23)20-17(19-14)26-2/h3-8H,1-2H3,(H,19,20,23). The van der Waals surface area contributed by atoms with Gasteiger partial charge in [0.25, 0.3) is 5.56 Å². The molecule has 2 heterocycles. The molecule has 26 heavy (non-hydrogen) atoms. The monoisotopic (exact) mass is 367 g/mol. The average molecular weight is 367 g/mol. The lowest BCUT2D eigenvalue weighted by Crippen LogP contribution is -2.14. The van der Waals surface area contributed by atoms with E-state index in [-0.39, 0.29) is 11.3 Å². The average Bonchev–Trinajstić information content (AvgIpc) is 3.17. The number of carbonyl (C=O) groups excluding carboxylic acids is 1. The van der Waals surface area contributed by atoms with Gasteiger partial charge in [0.2, 0.25) is 0 Å². The van der Waals surface area contributed by atoms with E-state index < -0.39 is 11.5 Å². The zero-order chi connectivity index (χ0) is 18.7. The van der Waals surface area contributed by atoms with E-state index in [1.807, 2.05) is 6.07 Å². The van der Waals surface area contributed by atoms with Gasteiger partial charge < -0.3 is 9.72 Å². The van der Waals surface area contributed by atoms with E-state index in [4.69, 9.17) is 0 Å². The largest absolute Gasteiger partial charge is 0.464 e. The molecule has 0 spiro atoms. The maximum atomic E-state index is 12.0. The predicted molar refractivity (Wildman–Crippen MR) is 95.3 cm³/mol. The number of hydrogen-bond donors (Lipinski definition) is 1. The van der Waals surface area contributed by atoms with E-state index in [0.29, 0.717) is 22.1 Å². The maximum Gasteiger partial charge on any atom is 0.358 e. The topological polar surface area (TPSA) is 114 Å². The molecule has 0 aliphatic carbocycles. The number of aromatic nitrogens is 4. The molecular formula is C17H13N5O3S. The SMILES string of the molecule is COC(=O)c1ccn(-c2ccc(-c3nc(SC)[nH]c(=O)c3C#N)cc2)n1. The van der Waals surface area contributed by atoms with Crippen molar-refractivity contribution in [2.24, 2.45) is 0 Å². The number of rotatable bonds is 4. The molecule has 130 valence electrons. The fraction of sp³-hybridized carbons (Fsp3) is 0.118. The number of hydrogen-bond acceptors (Lipinski definition) is 7. The van der Waals surface area contributed by atoms with Gasteiger partial charge in [-0.05, 0) is 24.5 Å². The first-order chi connectivity index (χ1) is 12.6. The van der Waals surface area contributed by atoms with Crippen molar-refractivity contribution >= 4 is 17.7 Å². The Morgan fingerprint density at radius 1 is 1.31 bits per heavy atom. The molecule has 1 aromatic carbocycles. The molecule has 0 saturated heterocycles. The molecule has 0 aliphatic rings. The minimum Gasteiger partial charge on any atom is -0.464 e. The van der Waals surface area contributed by atoms with Gasteiger partial charge in [-0.1, -0.05) is 23.9 Å². The number of esters is 1. The van der Waals surface area contributed by atoms with Gasteiger partial charge in [0.1, 0.15) is 11.6 Å². The van der Waals surface area contributed by atoms with Crippen molar-refractivity contribution in [1.29, 1.82) is 5.26 Å². The zero-order valence-corrected chi connectivity index (χ0v) is 14.7. The minimum atomic E-state index is -0.517. The smallest absolute Gasteiger partial charge is 0.358 e. The van der Waals surface area contributed by atoms with Crippen LogP contribution in [0.2, 0.25) is 0 Å². The number of H-pyrrole nitrogens is 1. The van der Waals surface area contributed by atoms with Gasteiger partial charge >= 0.3 is 5.97 Å². The van der Waals surface area contributed by atoms with Crippen LogP contribution in [-0.2, 0) is 4.74 Å². The number of thioether (sulfide) groups is 1. The molecule has 0 amide bonds. The molecule has 1 N–H and O–H groups in total. The Labute approximate surface area is 152 Å². The van der Waals surface area contributed by atoms with Gasteiger partial charge in [-0.2, -0.15) is 10.4 Å². The second-order valence-electron chi connectivity index (χ2n) is 5.09. The van der Waals surface area contributed by atoms with Crippen LogP contribution in [0.15, 0.2) is 46.5 Å². The summed E-state index contributed by atoms with van der Waals surface area (Å²) in [4.78, 5) is 30.4. The second-order valence-corrected chi connectivity index (χ2v) is 5.89. The summed E-state index contributed by atoms with van der Waals surface area (Å²) in [6, 6.07) is 10.4. The van der Waals surface area contributed by atoms with Crippen molar-refractivity contribution in [3.8, 4) is 23.0 Å². The van der Waals surface area contributed by atoms with Crippen LogP contribution in [0.4, 0.5) is 0 Å². The third-order valence-electron chi connectivity index (χ3n) is 3.59. The van der Waals surface area contributed by atoms with E-state index in [9.17, 15) is 14.9 Å². The molecule has 9 heteroatoms. The Balaban J connectivity index is 2.00. The van der Waals surface area contributed by atoms with Gasteiger partial charge in [0.05, 0.1) is 18.5 Å². The van der Waals surface area contributed by atoms with Crippen molar-refractivity contribution in [2.75, 3.05) is 13.4 Å². The number of nitrogens with zero attached hydrogens (tertiary/aromatic N) is 4. The van der Waals surface area contributed by atoms with Gasteiger partial charge in [-0.15, -0.1) is 0 Å². The zero-order valence-electron chi connectivity index (χ0n) is 13.9. The van der Waals surface area contributed by atoms with Crippen LogP contribution in [0, 0.1) is 11.3 Å². The third kappa shape index (κ3) is 3.22. The maximum absolute atomic E-state index is 12.0. The molecule has 3 aromatic rings. The van der Waals surface area contributed by atoms with Gasteiger partial charge in [0.15, 0.2) is 10.9 Å². The summed E-state index contributed by atoms with van der Waals surface area (Å²) in [6.45, 7) is 0. The first-order valence-corrected chi connectivity index (χ1v) is 8.63. The summed E-state index contributed by atoms with van der Waals surface area (Å²) in [5.41, 5.74) is 1.35. The Bertz CT molecular complexity index is 1060. The van der Waals surface area contributed by atoms with Crippen LogP contribution >= 0.6 is 11.8 Å². The molecule has 0 atom stereocenters. The number of aromatic amines is 1. The Morgan fingerprint density at radius 3 is 2.65 bits per heavy atom. The lowest BCUT2D eigenvalue weighted by molar-refractivity contribution is 0.0593. The van der Waals surface area contributed by atoms with Crippen LogP contribution in [-0.4, -0.2) is 39.1 Å². The molecule has 0 unspecified atom stereocenters. The molecule has 3 rings (SSSR count). The fourth-order valence-corrected chi connectivity index (χ4v) is 2.69. The van der Waals surface area contributed by atoms with Gasteiger partial charge in [0, 0.05) is 11.8 Å². The van der Waals surface area contributed by atoms with E-state index in [1.165, 1.54) is 23.6 Å². The Kier molecular flexibility index (Phi) is 4.86. The minimum absolute atomic E-state index is 0.0392. The predicted octanol–water partition coefficient (Wildman–Crippen LogP) is 2.00. The quantitative estimate of drug-likeness (QED) is 0.426. The lowest BCUT2D eigenvalue weighted by atomic mass is 10.1. The van der Waals surface area contributed by atoms with Crippen LogP contribution in [0.5, 0.6) is 0 Å². The molecule has 0 saturated carbocycles. The molecular weight excluding hydrogens is 354 g/mol. The van der Waals surface area contributed by atoms with Crippen molar-refractivity contribution in [2.45, 2.75) is 5.16 Å². The Hall–Kier alpha value is -3.38. The second kappa shape index (κ2) is 7.25. The van der Waals surface area contributed by atoms with Crippen molar-refractivity contribution in [3.05, 3.63) is 58.1 Å². The molecule has 0 fully saturated rings. The van der Waals surface area contributed by atoms with Crippen LogP contribution < -0.4 is 5.56 Å². The molecule has 2 aromatic heterocycles. The summed E-state index contributed by atoms with van der Waals surface area (Å²) < 4.78 is 6.16. The van der Waals surface area contributed by atoms with Crippen LogP contribution in [0.1, 0.15) is 16.1 Å². The third-order valence-corrected chi connectivity index (χ3v) is 4.17. The van der Waals surface area contributed by atoms with E-state index in [1.54, 1.807) is 42.8 Å². The highest BCUT2D eigenvalue weighted by Crippen LogP contribution is 2.22. The fourth-order valence-electron chi connectivity index (χ4n) is 2.32. The normalized spacial score (nSPS) is 10.3.